The van der Waals surface area contributed by atoms with Crippen LogP contribution in [-0.4, -0.2) is 24.1 Å². The van der Waals surface area contributed by atoms with Gasteiger partial charge in [-0.15, -0.1) is 0 Å². The van der Waals surface area contributed by atoms with E-state index in [0.717, 1.165) is 10.2 Å². The summed E-state index contributed by atoms with van der Waals surface area (Å²) in [6.45, 7) is 0. The lowest BCUT2D eigenvalue weighted by Crippen LogP contribution is -2.12. The summed E-state index contributed by atoms with van der Waals surface area (Å²) in [6.07, 6.45) is 1.68. The maximum absolute atomic E-state index is 5.68. The van der Waals surface area contributed by atoms with Crippen LogP contribution in [0.2, 0.25) is 0 Å². The first-order valence-electron chi connectivity index (χ1n) is 5.09. The molecule has 1 aromatic carbocycles. The smallest absolute Gasteiger partial charge is 0.228 e. The predicted octanol–water partition coefficient (Wildman–Crippen LogP) is 3.10. The summed E-state index contributed by atoms with van der Waals surface area (Å²) in [6, 6.07) is 9.37. The van der Waals surface area contributed by atoms with Gasteiger partial charge in [-0.05, 0) is 28.1 Å². The van der Waals surface area contributed by atoms with Gasteiger partial charge >= 0.3 is 0 Å². The number of rotatable bonds is 3. The van der Waals surface area contributed by atoms with E-state index in [4.69, 9.17) is 4.74 Å². The van der Waals surface area contributed by atoms with Crippen LogP contribution in [0.1, 0.15) is 0 Å². The highest BCUT2D eigenvalue weighted by Crippen LogP contribution is 2.28. The van der Waals surface area contributed by atoms with Gasteiger partial charge in [-0.25, -0.2) is 4.98 Å². The molecule has 4 nitrogen and oxygen atoms in total. The number of ether oxygens (including phenoxy) is 1. The fourth-order valence-corrected chi connectivity index (χ4v) is 1.61. The third kappa shape index (κ3) is 2.94. The summed E-state index contributed by atoms with van der Waals surface area (Å²) in [7, 11) is 3.77. The van der Waals surface area contributed by atoms with Crippen LogP contribution in [0.5, 0.6) is 11.6 Å². The second-order valence-corrected chi connectivity index (χ2v) is 4.48. The Kier molecular flexibility index (Phi) is 3.58. The van der Waals surface area contributed by atoms with E-state index in [1.54, 1.807) is 12.3 Å². The number of halogens is 1. The Morgan fingerprint density at radius 2 is 1.94 bits per heavy atom. The Morgan fingerprint density at radius 1 is 1.18 bits per heavy atom. The number of anilines is 1. The van der Waals surface area contributed by atoms with E-state index in [0.29, 0.717) is 11.8 Å². The average molecular weight is 294 g/mol. The zero-order valence-corrected chi connectivity index (χ0v) is 11.2. The molecule has 0 atom stereocenters. The van der Waals surface area contributed by atoms with E-state index in [9.17, 15) is 0 Å². The highest BCUT2D eigenvalue weighted by molar-refractivity contribution is 9.10. The van der Waals surface area contributed by atoms with Crippen molar-refractivity contribution in [3.8, 4) is 11.6 Å². The van der Waals surface area contributed by atoms with E-state index in [1.807, 2.05) is 43.3 Å². The summed E-state index contributed by atoms with van der Waals surface area (Å²) in [5, 5.41) is 0. The first kappa shape index (κ1) is 11.9. The van der Waals surface area contributed by atoms with Crippen molar-refractivity contribution in [3.63, 3.8) is 0 Å². The van der Waals surface area contributed by atoms with E-state index in [-0.39, 0.29) is 0 Å². The van der Waals surface area contributed by atoms with Crippen molar-refractivity contribution in [1.29, 1.82) is 0 Å². The van der Waals surface area contributed by atoms with Gasteiger partial charge in [0.15, 0.2) is 0 Å². The molecule has 0 spiro atoms. The zero-order chi connectivity index (χ0) is 12.3. The number of nitrogens with zero attached hydrogens (tertiary/aromatic N) is 3. The normalized spacial score (nSPS) is 10.1. The molecular formula is C12H12BrN3O. The molecule has 0 aliphatic carbocycles. The minimum absolute atomic E-state index is 0.524. The van der Waals surface area contributed by atoms with E-state index >= 15 is 0 Å². The van der Waals surface area contributed by atoms with Crippen LogP contribution < -0.4 is 9.64 Å². The van der Waals surface area contributed by atoms with Crippen molar-refractivity contribution in [3.05, 3.63) is 41.0 Å². The Morgan fingerprint density at radius 3 is 2.65 bits per heavy atom. The van der Waals surface area contributed by atoms with Crippen LogP contribution >= 0.6 is 15.9 Å². The Bertz CT molecular complexity index is 517. The van der Waals surface area contributed by atoms with Gasteiger partial charge in [-0.2, -0.15) is 4.98 Å². The van der Waals surface area contributed by atoms with Crippen molar-refractivity contribution in [2.75, 3.05) is 19.0 Å². The zero-order valence-electron chi connectivity index (χ0n) is 9.59. The highest BCUT2D eigenvalue weighted by atomic mass is 79.9. The van der Waals surface area contributed by atoms with E-state index in [2.05, 4.69) is 25.9 Å². The molecule has 1 heterocycles. The maximum Gasteiger partial charge on any atom is 0.228 e. The van der Waals surface area contributed by atoms with Gasteiger partial charge in [-0.1, -0.05) is 12.1 Å². The minimum atomic E-state index is 0.524. The molecule has 0 saturated carbocycles. The van der Waals surface area contributed by atoms with Crippen LogP contribution in [0, 0.1) is 0 Å². The average Bonchev–Trinajstić information content (AvgIpc) is 2.32. The largest absolute Gasteiger partial charge is 0.438 e. The molecule has 1 aromatic heterocycles. The molecular weight excluding hydrogens is 282 g/mol. The number of aromatic nitrogens is 2. The Balaban J connectivity index is 2.25. The quantitative estimate of drug-likeness (QED) is 0.872. The topological polar surface area (TPSA) is 38.2 Å². The highest BCUT2D eigenvalue weighted by Gasteiger charge is 2.05. The molecule has 0 bridgehead atoms. The number of benzene rings is 1. The first-order chi connectivity index (χ1) is 8.16. The molecule has 17 heavy (non-hydrogen) atoms. The summed E-state index contributed by atoms with van der Waals surface area (Å²) < 4.78 is 6.57. The fourth-order valence-electron chi connectivity index (χ4n) is 1.24. The molecule has 88 valence electrons. The first-order valence-corrected chi connectivity index (χ1v) is 5.89. The molecule has 2 rings (SSSR count). The molecule has 0 aliphatic heterocycles. The van der Waals surface area contributed by atoms with Gasteiger partial charge in [-0.3, -0.25) is 0 Å². The van der Waals surface area contributed by atoms with Crippen LogP contribution in [0.3, 0.4) is 0 Å². The molecule has 0 unspecified atom stereocenters. The van der Waals surface area contributed by atoms with E-state index < -0.39 is 0 Å². The van der Waals surface area contributed by atoms with Gasteiger partial charge < -0.3 is 9.64 Å². The van der Waals surface area contributed by atoms with Crippen LogP contribution in [0.25, 0.3) is 0 Å². The third-order valence-electron chi connectivity index (χ3n) is 2.07. The van der Waals surface area contributed by atoms with Crippen molar-refractivity contribution in [2.45, 2.75) is 0 Å². The number of hydrogen-bond acceptors (Lipinski definition) is 4. The van der Waals surface area contributed by atoms with Crippen molar-refractivity contribution >= 4 is 21.9 Å². The van der Waals surface area contributed by atoms with Gasteiger partial charge in [0.2, 0.25) is 11.8 Å². The SMILES string of the molecule is CN(C)c1nccc(Oc2ccccc2Br)n1. The maximum atomic E-state index is 5.68. The Hall–Kier alpha value is -1.62. The third-order valence-corrected chi connectivity index (χ3v) is 2.72. The van der Waals surface area contributed by atoms with Gasteiger partial charge in [0.05, 0.1) is 4.47 Å². The van der Waals surface area contributed by atoms with E-state index in [1.165, 1.54) is 0 Å². The molecule has 0 saturated heterocycles. The van der Waals surface area contributed by atoms with Crippen molar-refractivity contribution in [1.82, 2.24) is 9.97 Å². The molecule has 0 amide bonds. The lowest BCUT2D eigenvalue weighted by Gasteiger charge is -2.11. The summed E-state index contributed by atoms with van der Waals surface area (Å²) in [5.41, 5.74) is 0. The fraction of sp³-hybridized carbons (Fsp3) is 0.167. The van der Waals surface area contributed by atoms with Crippen LogP contribution in [-0.2, 0) is 0 Å². The van der Waals surface area contributed by atoms with Crippen LogP contribution in [0.15, 0.2) is 41.0 Å². The number of para-hydroxylation sites is 1. The molecule has 2 aromatic rings. The second kappa shape index (κ2) is 5.14. The number of hydrogen-bond donors (Lipinski definition) is 0. The lowest BCUT2D eigenvalue weighted by atomic mass is 10.3. The van der Waals surface area contributed by atoms with Crippen LogP contribution in [0.4, 0.5) is 5.95 Å². The van der Waals surface area contributed by atoms with Gasteiger partial charge in [0.25, 0.3) is 0 Å². The monoisotopic (exact) mass is 293 g/mol. The standard InChI is InChI=1S/C12H12BrN3O/c1-16(2)12-14-8-7-11(15-12)17-10-6-4-3-5-9(10)13/h3-8H,1-2H3. The Labute approximate surface area is 108 Å². The second-order valence-electron chi connectivity index (χ2n) is 3.62. The summed E-state index contributed by atoms with van der Waals surface area (Å²) in [4.78, 5) is 10.2. The summed E-state index contributed by atoms with van der Waals surface area (Å²) in [5.74, 6) is 1.88. The summed E-state index contributed by atoms with van der Waals surface area (Å²) >= 11 is 3.42. The van der Waals surface area contributed by atoms with Gasteiger partial charge in [0, 0.05) is 26.4 Å². The molecule has 0 radical (unpaired) electrons. The molecule has 0 fully saturated rings. The van der Waals surface area contributed by atoms with Crippen molar-refractivity contribution in [2.24, 2.45) is 0 Å². The molecule has 0 N–H and O–H groups in total. The minimum Gasteiger partial charge on any atom is -0.438 e. The van der Waals surface area contributed by atoms with Gasteiger partial charge in [0.1, 0.15) is 5.75 Å². The van der Waals surface area contributed by atoms with Crippen molar-refractivity contribution < 1.29 is 4.74 Å². The lowest BCUT2D eigenvalue weighted by molar-refractivity contribution is 0.459. The molecule has 5 heteroatoms. The predicted molar refractivity (Wildman–Crippen MR) is 70.6 cm³/mol. The molecule has 0 aliphatic rings.